The van der Waals surface area contributed by atoms with Gasteiger partial charge in [0, 0.05) is 29.6 Å². The number of halogens is 1. The monoisotopic (exact) mass is 314 g/mol. The van der Waals surface area contributed by atoms with Gasteiger partial charge in [-0.05, 0) is 36.7 Å². The summed E-state index contributed by atoms with van der Waals surface area (Å²) < 4.78 is 26.8. The second kappa shape index (κ2) is 6.26. The molecule has 0 radical (unpaired) electrons. The average Bonchev–Trinajstić information content (AvgIpc) is 2.66. The molecule has 2 atom stereocenters. The number of nitrogens with one attached hydrogen (secondary N) is 1. The van der Waals surface area contributed by atoms with Crippen molar-refractivity contribution in [1.82, 2.24) is 9.62 Å². The minimum Gasteiger partial charge on any atom is -0.304 e. The van der Waals surface area contributed by atoms with Gasteiger partial charge in [0.05, 0.1) is 0 Å². The molecule has 1 saturated heterocycles. The van der Waals surface area contributed by atoms with Gasteiger partial charge in [-0.2, -0.15) is 0 Å². The highest BCUT2D eigenvalue weighted by Crippen LogP contribution is 2.16. The van der Waals surface area contributed by atoms with E-state index in [-0.39, 0.29) is 6.04 Å². The zero-order valence-corrected chi connectivity index (χ0v) is 13.2. The first kappa shape index (κ1) is 15.5. The minimum absolute atomic E-state index is 0.0279. The van der Waals surface area contributed by atoms with E-state index in [4.69, 9.17) is 11.6 Å². The Morgan fingerprint density at radius 1 is 1.30 bits per heavy atom. The fourth-order valence-electron chi connectivity index (χ4n) is 2.35. The largest absolute Gasteiger partial charge is 0.304 e. The summed E-state index contributed by atoms with van der Waals surface area (Å²) in [5.41, 5.74) is 0.802. The maximum absolute atomic E-state index is 12.0. The van der Waals surface area contributed by atoms with E-state index in [1.54, 1.807) is 30.3 Å². The quantitative estimate of drug-likeness (QED) is 0.926. The Balaban J connectivity index is 2.02. The molecule has 0 saturated carbocycles. The van der Waals surface area contributed by atoms with Crippen molar-refractivity contribution in [2.75, 3.05) is 20.1 Å². The Bertz CT molecular complexity index is 584. The molecule has 110 valence electrons. The van der Waals surface area contributed by atoms with Crippen molar-refractivity contribution in [3.63, 3.8) is 0 Å². The first-order chi connectivity index (χ1) is 9.35. The third-order valence-corrected chi connectivity index (χ3v) is 4.80. The van der Waals surface area contributed by atoms with Gasteiger partial charge in [0.25, 0.3) is 0 Å². The van der Waals surface area contributed by atoms with E-state index in [0.29, 0.717) is 10.9 Å². The van der Waals surface area contributed by atoms with E-state index in [9.17, 15) is 8.42 Å². The number of benzene rings is 1. The van der Waals surface area contributed by atoms with Gasteiger partial charge in [-0.1, -0.05) is 30.7 Å². The van der Waals surface area contributed by atoms with Crippen LogP contribution in [0, 0.1) is 5.92 Å². The van der Waals surface area contributed by atoms with Crippen LogP contribution in [0.1, 0.15) is 12.5 Å². The summed E-state index contributed by atoms with van der Waals surface area (Å²) >= 11 is 5.79. The molecule has 0 spiro atoms. The SMILES string of the molecule is CC1CN(C)CC1NS(=O)(=O)C=Cc1ccc(Cl)cc1. The number of likely N-dealkylation sites (tertiary alicyclic amines) is 1. The van der Waals surface area contributed by atoms with E-state index in [1.807, 2.05) is 7.05 Å². The molecule has 1 heterocycles. The highest BCUT2D eigenvalue weighted by Gasteiger charge is 2.29. The number of rotatable bonds is 4. The van der Waals surface area contributed by atoms with Crippen LogP contribution >= 0.6 is 11.6 Å². The van der Waals surface area contributed by atoms with Gasteiger partial charge in [-0.3, -0.25) is 0 Å². The molecule has 1 N–H and O–H groups in total. The van der Waals surface area contributed by atoms with E-state index < -0.39 is 10.0 Å². The molecule has 4 nitrogen and oxygen atoms in total. The van der Waals surface area contributed by atoms with Crippen molar-refractivity contribution in [2.45, 2.75) is 13.0 Å². The summed E-state index contributed by atoms with van der Waals surface area (Å²) in [4.78, 5) is 2.13. The summed E-state index contributed by atoms with van der Waals surface area (Å²) in [6, 6.07) is 6.99. The Morgan fingerprint density at radius 3 is 2.50 bits per heavy atom. The summed E-state index contributed by atoms with van der Waals surface area (Å²) in [5.74, 6) is 0.318. The number of hydrogen-bond acceptors (Lipinski definition) is 3. The zero-order valence-electron chi connectivity index (χ0n) is 11.6. The standard InChI is InChI=1S/C14H19ClN2O2S/c1-11-9-17(2)10-14(11)16-20(18,19)8-7-12-3-5-13(15)6-4-12/h3-8,11,14,16H,9-10H2,1-2H3. The lowest BCUT2D eigenvalue weighted by Crippen LogP contribution is -2.38. The van der Waals surface area contributed by atoms with Crippen LogP contribution in [0.5, 0.6) is 0 Å². The van der Waals surface area contributed by atoms with Crippen molar-refractivity contribution in [2.24, 2.45) is 5.92 Å². The van der Waals surface area contributed by atoms with Gasteiger partial charge >= 0.3 is 0 Å². The summed E-state index contributed by atoms with van der Waals surface area (Å²) in [6.07, 6.45) is 1.57. The number of sulfonamides is 1. The predicted octanol–water partition coefficient (Wildman–Crippen LogP) is 2.18. The lowest BCUT2D eigenvalue weighted by Gasteiger charge is -2.14. The van der Waals surface area contributed by atoms with Crippen LogP contribution in [0.3, 0.4) is 0 Å². The first-order valence-corrected chi connectivity index (χ1v) is 8.43. The van der Waals surface area contributed by atoms with E-state index in [1.165, 1.54) is 5.41 Å². The smallest absolute Gasteiger partial charge is 0.234 e. The van der Waals surface area contributed by atoms with E-state index in [2.05, 4.69) is 16.5 Å². The molecule has 1 aromatic carbocycles. The molecule has 0 aromatic heterocycles. The van der Waals surface area contributed by atoms with Crippen LogP contribution in [0.15, 0.2) is 29.7 Å². The van der Waals surface area contributed by atoms with Crippen molar-refractivity contribution in [3.05, 3.63) is 40.3 Å². The van der Waals surface area contributed by atoms with Crippen LogP contribution in [-0.2, 0) is 10.0 Å². The molecule has 6 heteroatoms. The van der Waals surface area contributed by atoms with Gasteiger partial charge in [0.2, 0.25) is 10.0 Å². The van der Waals surface area contributed by atoms with Crippen molar-refractivity contribution in [1.29, 1.82) is 0 Å². The maximum Gasteiger partial charge on any atom is 0.234 e. The molecule has 0 aliphatic carbocycles. The van der Waals surface area contributed by atoms with Crippen LogP contribution in [0.25, 0.3) is 6.08 Å². The molecule has 1 aliphatic heterocycles. The number of likely N-dealkylation sites (N-methyl/N-ethyl adjacent to an activating group) is 1. The first-order valence-electron chi connectivity index (χ1n) is 6.50. The lowest BCUT2D eigenvalue weighted by atomic mass is 10.1. The van der Waals surface area contributed by atoms with Crippen molar-refractivity contribution in [3.8, 4) is 0 Å². The topological polar surface area (TPSA) is 49.4 Å². The van der Waals surface area contributed by atoms with E-state index in [0.717, 1.165) is 18.7 Å². The summed E-state index contributed by atoms with van der Waals surface area (Å²) in [5, 5.41) is 1.84. The van der Waals surface area contributed by atoms with Gasteiger partial charge in [-0.15, -0.1) is 0 Å². The van der Waals surface area contributed by atoms with Crippen LogP contribution < -0.4 is 4.72 Å². The lowest BCUT2D eigenvalue weighted by molar-refractivity contribution is 0.400. The Morgan fingerprint density at radius 2 is 1.95 bits per heavy atom. The Labute approximate surface area is 125 Å². The van der Waals surface area contributed by atoms with E-state index >= 15 is 0 Å². The van der Waals surface area contributed by atoms with Gasteiger partial charge in [0.15, 0.2) is 0 Å². The average molecular weight is 315 g/mol. The van der Waals surface area contributed by atoms with Crippen LogP contribution in [0.2, 0.25) is 5.02 Å². The molecule has 1 aliphatic rings. The Kier molecular flexibility index (Phi) is 4.86. The molecular formula is C14H19ClN2O2S. The maximum atomic E-state index is 12.0. The molecule has 20 heavy (non-hydrogen) atoms. The zero-order chi connectivity index (χ0) is 14.8. The molecular weight excluding hydrogens is 296 g/mol. The fraction of sp³-hybridized carbons (Fsp3) is 0.429. The number of hydrogen-bond donors (Lipinski definition) is 1. The molecule has 2 unspecified atom stereocenters. The highest BCUT2D eigenvalue weighted by molar-refractivity contribution is 7.92. The number of nitrogens with zero attached hydrogens (tertiary/aromatic N) is 1. The third-order valence-electron chi connectivity index (χ3n) is 3.42. The van der Waals surface area contributed by atoms with Crippen molar-refractivity contribution < 1.29 is 8.42 Å². The summed E-state index contributed by atoms with van der Waals surface area (Å²) in [7, 11) is -1.43. The fourth-order valence-corrected chi connectivity index (χ4v) is 3.62. The second-order valence-electron chi connectivity index (χ2n) is 5.32. The molecule has 1 aromatic rings. The van der Waals surface area contributed by atoms with Crippen molar-refractivity contribution >= 4 is 27.7 Å². The normalized spacial score (nSPS) is 24.6. The highest BCUT2D eigenvalue weighted by atomic mass is 35.5. The minimum atomic E-state index is -3.42. The third kappa shape index (κ3) is 4.31. The van der Waals surface area contributed by atoms with Crippen LogP contribution in [0.4, 0.5) is 0 Å². The summed E-state index contributed by atoms with van der Waals surface area (Å²) in [6.45, 7) is 3.71. The predicted molar refractivity (Wildman–Crippen MR) is 83.0 cm³/mol. The molecule has 2 rings (SSSR count). The molecule has 1 fully saturated rings. The Hall–Kier alpha value is -0.880. The van der Waals surface area contributed by atoms with Crippen LogP contribution in [-0.4, -0.2) is 39.5 Å². The molecule has 0 bridgehead atoms. The van der Waals surface area contributed by atoms with Gasteiger partial charge < -0.3 is 4.90 Å². The van der Waals surface area contributed by atoms with Gasteiger partial charge in [-0.25, -0.2) is 13.1 Å². The second-order valence-corrected chi connectivity index (χ2v) is 7.36. The van der Waals surface area contributed by atoms with Gasteiger partial charge in [0.1, 0.15) is 0 Å². The molecule has 0 amide bonds.